The van der Waals surface area contributed by atoms with Crippen molar-refractivity contribution in [2.75, 3.05) is 40.3 Å². The van der Waals surface area contributed by atoms with Gasteiger partial charge in [0.1, 0.15) is 10.8 Å². The summed E-state index contributed by atoms with van der Waals surface area (Å²) < 4.78 is 0. The van der Waals surface area contributed by atoms with Gasteiger partial charge in [-0.05, 0) is 0 Å². The van der Waals surface area contributed by atoms with Crippen LogP contribution < -0.4 is 0 Å². The van der Waals surface area contributed by atoms with Gasteiger partial charge in [0, 0.05) is 40.3 Å². The normalized spacial score (nSPS) is 15.2. The Kier molecular flexibility index (Phi) is 4.39. The quantitative estimate of drug-likeness (QED) is 0.760. The molecule has 3 amide bonds. The van der Waals surface area contributed by atoms with Crippen LogP contribution in [0, 0.1) is 0 Å². The molecule has 0 aromatic carbocycles. The Labute approximate surface area is 122 Å². The van der Waals surface area contributed by atoms with Crippen molar-refractivity contribution in [3.63, 3.8) is 0 Å². The van der Waals surface area contributed by atoms with Crippen molar-refractivity contribution in [2.24, 2.45) is 0 Å². The van der Waals surface area contributed by atoms with Gasteiger partial charge < -0.3 is 14.7 Å². The van der Waals surface area contributed by atoms with Gasteiger partial charge in [0.25, 0.3) is 5.91 Å². The molecule has 7 nitrogen and oxygen atoms in total. The molecule has 1 aromatic heterocycles. The Hall–Kier alpha value is -1.89. The smallest absolute Gasteiger partial charge is 0.319 e. The number of hydrogen-bond acceptors (Lipinski definition) is 4. The molecule has 0 radical (unpaired) electrons. The molecule has 1 aromatic rings. The average molecular weight is 298 g/mol. The van der Waals surface area contributed by atoms with Gasteiger partial charge in [-0.2, -0.15) is 0 Å². The minimum atomic E-state index is -0.189. The Bertz CT molecular complexity index is 497. The Balaban J connectivity index is 1.95. The van der Waals surface area contributed by atoms with Crippen molar-refractivity contribution >= 4 is 23.5 Å². The number of aromatic nitrogens is 2. The summed E-state index contributed by atoms with van der Waals surface area (Å²) >= 11 is 5.64. The summed E-state index contributed by atoms with van der Waals surface area (Å²) in [5.74, 6) is -0.189. The molecule has 2 heterocycles. The summed E-state index contributed by atoms with van der Waals surface area (Å²) in [6.07, 6.45) is 2.71. The minimum absolute atomic E-state index is 0.0385. The van der Waals surface area contributed by atoms with Crippen LogP contribution in [0.4, 0.5) is 4.79 Å². The zero-order valence-corrected chi connectivity index (χ0v) is 12.2. The fourth-order valence-electron chi connectivity index (χ4n) is 1.97. The van der Waals surface area contributed by atoms with Gasteiger partial charge >= 0.3 is 6.03 Å². The highest BCUT2D eigenvalue weighted by atomic mass is 35.5. The van der Waals surface area contributed by atoms with Crippen molar-refractivity contribution in [2.45, 2.75) is 0 Å². The van der Waals surface area contributed by atoms with Crippen molar-refractivity contribution in [1.82, 2.24) is 24.7 Å². The van der Waals surface area contributed by atoms with Gasteiger partial charge in [0.05, 0.1) is 12.4 Å². The fraction of sp³-hybridized carbons (Fsp3) is 0.500. The summed E-state index contributed by atoms with van der Waals surface area (Å²) in [6, 6.07) is -0.0385. The predicted molar refractivity (Wildman–Crippen MR) is 73.6 cm³/mol. The first kappa shape index (κ1) is 14.5. The lowest BCUT2D eigenvalue weighted by molar-refractivity contribution is 0.0644. The molecule has 2 rings (SSSR count). The first-order valence-electron chi connectivity index (χ1n) is 6.22. The van der Waals surface area contributed by atoms with Crippen LogP contribution in [0.2, 0.25) is 5.15 Å². The summed E-state index contributed by atoms with van der Waals surface area (Å²) in [5, 5.41) is 0.253. The van der Waals surface area contributed by atoms with Crippen molar-refractivity contribution in [3.8, 4) is 0 Å². The maximum Gasteiger partial charge on any atom is 0.319 e. The number of carbonyl (C=O) groups is 2. The highest BCUT2D eigenvalue weighted by Crippen LogP contribution is 2.09. The van der Waals surface area contributed by atoms with Gasteiger partial charge in [-0.25, -0.2) is 14.8 Å². The third-order valence-corrected chi connectivity index (χ3v) is 3.25. The van der Waals surface area contributed by atoms with E-state index in [1.54, 1.807) is 23.9 Å². The van der Waals surface area contributed by atoms with Gasteiger partial charge in [-0.15, -0.1) is 0 Å². The number of piperazine rings is 1. The molecular formula is C12H16ClN5O2. The zero-order valence-electron chi connectivity index (χ0n) is 11.4. The molecule has 0 aliphatic carbocycles. The van der Waals surface area contributed by atoms with E-state index in [1.807, 2.05) is 0 Å². The molecule has 8 heteroatoms. The van der Waals surface area contributed by atoms with Crippen molar-refractivity contribution in [3.05, 3.63) is 23.2 Å². The molecule has 0 spiro atoms. The lowest BCUT2D eigenvalue weighted by Crippen LogP contribution is -2.53. The van der Waals surface area contributed by atoms with Crippen LogP contribution in [0.1, 0.15) is 10.5 Å². The summed E-state index contributed by atoms with van der Waals surface area (Å²) in [6.45, 7) is 2.01. The van der Waals surface area contributed by atoms with Gasteiger partial charge in [0.15, 0.2) is 0 Å². The fourth-order valence-corrected chi connectivity index (χ4v) is 2.07. The van der Waals surface area contributed by atoms with Gasteiger partial charge in [0.2, 0.25) is 0 Å². The highest BCUT2D eigenvalue weighted by Gasteiger charge is 2.26. The number of rotatable bonds is 1. The van der Waals surface area contributed by atoms with E-state index in [9.17, 15) is 9.59 Å². The standard InChI is InChI=1S/C12H16ClN5O2/c1-16(2)12(20)18-5-3-17(4-6-18)11(19)9-7-15-10(13)8-14-9/h7-8H,3-6H2,1-2H3. The van der Waals surface area contributed by atoms with E-state index < -0.39 is 0 Å². The maximum atomic E-state index is 12.2. The minimum Gasteiger partial charge on any atom is -0.334 e. The van der Waals surface area contributed by atoms with Crippen LogP contribution in [0.25, 0.3) is 0 Å². The summed E-state index contributed by atoms with van der Waals surface area (Å²) in [5.41, 5.74) is 0.266. The molecular weight excluding hydrogens is 282 g/mol. The van der Waals surface area contributed by atoms with E-state index >= 15 is 0 Å². The number of nitrogens with zero attached hydrogens (tertiary/aromatic N) is 5. The lowest BCUT2D eigenvalue weighted by Gasteiger charge is -2.35. The number of carbonyl (C=O) groups excluding carboxylic acids is 2. The molecule has 0 unspecified atom stereocenters. The van der Waals surface area contributed by atoms with Crippen molar-refractivity contribution in [1.29, 1.82) is 0 Å². The van der Waals surface area contributed by atoms with Crippen LogP contribution in [0.15, 0.2) is 12.4 Å². The molecule has 1 aliphatic heterocycles. The van der Waals surface area contributed by atoms with Crippen molar-refractivity contribution < 1.29 is 9.59 Å². The highest BCUT2D eigenvalue weighted by molar-refractivity contribution is 6.29. The molecule has 20 heavy (non-hydrogen) atoms. The Morgan fingerprint density at radius 1 is 1.10 bits per heavy atom. The van der Waals surface area contributed by atoms with Crippen LogP contribution >= 0.6 is 11.6 Å². The molecule has 0 N–H and O–H groups in total. The number of urea groups is 1. The van der Waals surface area contributed by atoms with E-state index in [1.165, 1.54) is 17.3 Å². The molecule has 1 aliphatic rings. The second-order valence-electron chi connectivity index (χ2n) is 4.68. The topological polar surface area (TPSA) is 69.6 Å². The van der Waals surface area contributed by atoms with E-state index in [0.29, 0.717) is 26.2 Å². The number of amides is 3. The van der Waals surface area contributed by atoms with Crippen LogP contribution in [-0.2, 0) is 0 Å². The molecule has 1 saturated heterocycles. The zero-order chi connectivity index (χ0) is 14.7. The largest absolute Gasteiger partial charge is 0.334 e. The summed E-state index contributed by atoms with van der Waals surface area (Å²) in [4.78, 5) is 36.7. The van der Waals surface area contributed by atoms with Crippen LogP contribution in [0.5, 0.6) is 0 Å². The average Bonchev–Trinajstić information content (AvgIpc) is 2.46. The molecule has 0 saturated carbocycles. The Morgan fingerprint density at radius 2 is 1.70 bits per heavy atom. The first-order valence-corrected chi connectivity index (χ1v) is 6.60. The number of hydrogen-bond donors (Lipinski definition) is 0. The third kappa shape index (κ3) is 3.16. The lowest BCUT2D eigenvalue weighted by atomic mass is 10.3. The van der Waals surface area contributed by atoms with E-state index in [-0.39, 0.29) is 22.8 Å². The second kappa shape index (κ2) is 6.04. The maximum absolute atomic E-state index is 12.2. The van der Waals surface area contributed by atoms with Crippen LogP contribution in [-0.4, -0.2) is 76.9 Å². The first-order chi connectivity index (χ1) is 9.49. The second-order valence-corrected chi connectivity index (χ2v) is 5.07. The monoisotopic (exact) mass is 297 g/mol. The molecule has 108 valence electrons. The third-order valence-electron chi connectivity index (χ3n) is 3.06. The predicted octanol–water partition coefficient (Wildman–Crippen LogP) is 0.569. The van der Waals surface area contributed by atoms with E-state index in [4.69, 9.17) is 11.6 Å². The molecule has 0 bridgehead atoms. The summed E-state index contributed by atoms with van der Waals surface area (Å²) in [7, 11) is 3.42. The molecule has 0 atom stereocenters. The van der Waals surface area contributed by atoms with E-state index in [0.717, 1.165) is 0 Å². The van der Waals surface area contributed by atoms with Crippen LogP contribution in [0.3, 0.4) is 0 Å². The van der Waals surface area contributed by atoms with E-state index in [2.05, 4.69) is 9.97 Å². The molecule has 1 fully saturated rings. The SMILES string of the molecule is CN(C)C(=O)N1CCN(C(=O)c2cnc(Cl)cn2)CC1. The van der Waals surface area contributed by atoms with Gasteiger partial charge in [-0.3, -0.25) is 4.79 Å². The number of halogens is 1. The Morgan fingerprint density at radius 3 is 2.20 bits per heavy atom. The van der Waals surface area contributed by atoms with Gasteiger partial charge in [-0.1, -0.05) is 11.6 Å².